The third-order valence-corrected chi connectivity index (χ3v) is 3.91. The molecule has 0 aromatic heterocycles. The maximum Gasteiger partial charge on any atom is 0.248 e. The average Bonchev–Trinajstić information content (AvgIpc) is 3.08. The van der Waals surface area contributed by atoms with Crippen LogP contribution in [0.25, 0.3) is 0 Å². The first-order valence-corrected chi connectivity index (χ1v) is 6.73. The number of hydrogen-bond acceptors (Lipinski definition) is 5. The number of hydrogen-bond donors (Lipinski definition) is 2. The number of ether oxygens (including phenoxy) is 1. The molecule has 0 radical (unpaired) electrons. The molecule has 2 heterocycles. The van der Waals surface area contributed by atoms with Gasteiger partial charge in [-0.25, -0.2) is 0 Å². The molecule has 3 rings (SSSR count). The molecule has 1 aromatic rings. The van der Waals surface area contributed by atoms with E-state index in [1.165, 1.54) is 24.3 Å². The summed E-state index contributed by atoms with van der Waals surface area (Å²) in [4.78, 5) is 34.5. The van der Waals surface area contributed by atoms with Gasteiger partial charge < -0.3 is 25.7 Å². The standard InChI is InChI=1S/C15H14N2O5/c16-13(18)7-1-3-8(4-2-7)17-14(19)11-9-5-6-10(22-9)12(11)15(20)21/h1-6,9-12H,(H2,16,18)(H,17,19)(H,20,21)/p-1/t9-,10+,11+,12+/m1/s1. The van der Waals surface area contributed by atoms with Crippen molar-refractivity contribution >= 4 is 23.5 Å². The summed E-state index contributed by atoms with van der Waals surface area (Å²) in [6, 6.07) is 6.00. The maximum atomic E-state index is 12.3. The van der Waals surface area contributed by atoms with E-state index >= 15 is 0 Å². The van der Waals surface area contributed by atoms with Crippen molar-refractivity contribution in [1.29, 1.82) is 0 Å². The van der Waals surface area contributed by atoms with Crippen LogP contribution < -0.4 is 16.2 Å². The molecule has 22 heavy (non-hydrogen) atoms. The Kier molecular flexibility index (Phi) is 3.42. The van der Waals surface area contributed by atoms with Crippen LogP contribution in [0.5, 0.6) is 0 Å². The summed E-state index contributed by atoms with van der Waals surface area (Å²) >= 11 is 0. The Hall–Kier alpha value is -2.67. The molecule has 2 aliphatic rings. The summed E-state index contributed by atoms with van der Waals surface area (Å²) < 4.78 is 5.41. The topological polar surface area (TPSA) is 122 Å². The quantitative estimate of drug-likeness (QED) is 0.694. The molecule has 2 bridgehead atoms. The van der Waals surface area contributed by atoms with Gasteiger partial charge >= 0.3 is 0 Å². The molecule has 3 N–H and O–H groups in total. The number of primary amides is 1. The van der Waals surface area contributed by atoms with Crippen LogP contribution in [0, 0.1) is 11.8 Å². The van der Waals surface area contributed by atoms with Crippen molar-refractivity contribution in [3.63, 3.8) is 0 Å². The second-order valence-corrected chi connectivity index (χ2v) is 5.25. The summed E-state index contributed by atoms with van der Waals surface area (Å²) in [6.07, 6.45) is 2.14. The Morgan fingerprint density at radius 2 is 1.64 bits per heavy atom. The van der Waals surface area contributed by atoms with Gasteiger partial charge in [-0.15, -0.1) is 0 Å². The maximum absolute atomic E-state index is 12.3. The Balaban J connectivity index is 1.75. The third kappa shape index (κ3) is 2.35. The van der Waals surface area contributed by atoms with Gasteiger partial charge in [0, 0.05) is 23.1 Å². The second kappa shape index (κ2) is 5.27. The molecular formula is C15H13N2O5-. The lowest BCUT2D eigenvalue weighted by Crippen LogP contribution is -2.45. The van der Waals surface area contributed by atoms with Gasteiger partial charge in [0.1, 0.15) is 0 Å². The molecule has 1 aromatic carbocycles. The monoisotopic (exact) mass is 301 g/mol. The van der Waals surface area contributed by atoms with Gasteiger partial charge in [0.05, 0.1) is 18.1 Å². The van der Waals surface area contributed by atoms with E-state index in [4.69, 9.17) is 10.5 Å². The molecule has 2 amide bonds. The minimum Gasteiger partial charge on any atom is -0.550 e. The highest BCUT2D eigenvalue weighted by Crippen LogP contribution is 2.39. The normalized spacial score (nSPS) is 28.5. The van der Waals surface area contributed by atoms with E-state index in [9.17, 15) is 19.5 Å². The summed E-state index contributed by atoms with van der Waals surface area (Å²) in [7, 11) is 0. The van der Waals surface area contributed by atoms with Gasteiger partial charge in [-0.2, -0.15) is 0 Å². The molecule has 0 saturated carbocycles. The fraction of sp³-hybridized carbons (Fsp3) is 0.267. The number of nitrogens with one attached hydrogen (secondary N) is 1. The Bertz CT molecular complexity index is 667. The first-order valence-electron chi connectivity index (χ1n) is 6.73. The molecule has 2 aliphatic heterocycles. The third-order valence-electron chi connectivity index (χ3n) is 3.91. The molecule has 7 heteroatoms. The number of carbonyl (C=O) groups is 3. The SMILES string of the molecule is NC(=O)c1ccc(NC(=O)[C@@H]2[C@@H](C(=O)[O-])[C@@H]3C=C[C@H]2O3)cc1. The predicted octanol–water partition coefficient (Wildman–Crippen LogP) is -0.957. The summed E-state index contributed by atoms with van der Waals surface area (Å²) in [5, 5.41) is 13.8. The lowest BCUT2D eigenvalue weighted by atomic mass is 9.82. The number of nitrogens with two attached hydrogens (primary N) is 1. The van der Waals surface area contributed by atoms with E-state index in [1.54, 1.807) is 12.2 Å². The number of aliphatic carboxylic acids is 1. The lowest BCUT2D eigenvalue weighted by molar-refractivity contribution is -0.313. The molecule has 4 atom stereocenters. The highest BCUT2D eigenvalue weighted by Gasteiger charge is 2.50. The van der Waals surface area contributed by atoms with E-state index in [-0.39, 0.29) is 0 Å². The second-order valence-electron chi connectivity index (χ2n) is 5.25. The Morgan fingerprint density at radius 1 is 1.05 bits per heavy atom. The average molecular weight is 301 g/mol. The zero-order chi connectivity index (χ0) is 15.9. The van der Waals surface area contributed by atoms with Crippen molar-refractivity contribution in [2.24, 2.45) is 17.6 Å². The van der Waals surface area contributed by atoms with Gasteiger partial charge in [0.25, 0.3) is 0 Å². The van der Waals surface area contributed by atoms with Crippen molar-refractivity contribution in [2.45, 2.75) is 12.2 Å². The summed E-state index contributed by atoms with van der Waals surface area (Å²) in [5.74, 6) is -4.17. The van der Waals surface area contributed by atoms with E-state index in [0.29, 0.717) is 11.3 Å². The molecule has 0 aliphatic carbocycles. The van der Waals surface area contributed by atoms with Crippen LogP contribution in [0.4, 0.5) is 5.69 Å². The minimum atomic E-state index is -1.30. The highest BCUT2D eigenvalue weighted by atomic mass is 16.5. The molecular weight excluding hydrogens is 288 g/mol. The van der Waals surface area contributed by atoms with Gasteiger partial charge in [0.15, 0.2) is 0 Å². The summed E-state index contributed by atoms with van der Waals surface area (Å²) in [5.41, 5.74) is 5.89. The number of anilines is 1. The van der Waals surface area contributed by atoms with Gasteiger partial charge in [-0.3, -0.25) is 9.59 Å². The molecule has 0 unspecified atom stereocenters. The van der Waals surface area contributed by atoms with Gasteiger partial charge in [-0.05, 0) is 24.3 Å². The summed E-state index contributed by atoms with van der Waals surface area (Å²) in [6.45, 7) is 0. The fourth-order valence-corrected chi connectivity index (χ4v) is 2.85. The lowest BCUT2D eigenvalue weighted by Gasteiger charge is -2.24. The first-order chi connectivity index (χ1) is 10.5. The minimum absolute atomic E-state index is 0.316. The Labute approximate surface area is 125 Å². The number of rotatable bonds is 4. The molecule has 1 fully saturated rings. The van der Waals surface area contributed by atoms with Crippen LogP contribution in [0.2, 0.25) is 0 Å². The van der Waals surface area contributed by atoms with Crippen molar-refractivity contribution in [1.82, 2.24) is 0 Å². The number of carboxylic acid groups (broad SMARTS) is 1. The zero-order valence-electron chi connectivity index (χ0n) is 11.4. The van der Waals surface area contributed by atoms with Crippen LogP contribution in [-0.2, 0) is 14.3 Å². The number of benzene rings is 1. The largest absolute Gasteiger partial charge is 0.550 e. The first kappa shape index (κ1) is 14.3. The molecule has 7 nitrogen and oxygen atoms in total. The van der Waals surface area contributed by atoms with Crippen molar-refractivity contribution < 1.29 is 24.2 Å². The number of carbonyl (C=O) groups excluding carboxylic acids is 3. The predicted molar refractivity (Wildman–Crippen MR) is 73.4 cm³/mol. The van der Waals surface area contributed by atoms with Crippen molar-refractivity contribution in [2.75, 3.05) is 5.32 Å². The molecule has 114 valence electrons. The smallest absolute Gasteiger partial charge is 0.248 e. The van der Waals surface area contributed by atoms with Crippen molar-refractivity contribution in [3.8, 4) is 0 Å². The van der Waals surface area contributed by atoms with E-state index in [0.717, 1.165) is 0 Å². The van der Waals surface area contributed by atoms with Gasteiger partial charge in [-0.1, -0.05) is 12.2 Å². The fourth-order valence-electron chi connectivity index (χ4n) is 2.85. The zero-order valence-corrected chi connectivity index (χ0v) is 11.4. The molecule has 0 spiro atoms. The van der Waals surface area contributed by atoms with Crippen LogP contribution in [0.15, 0.2) is 36.4 Å². The van der Waals surface area contributed by atoms with Gasteiger partial charge in [0.2, 0.25) is 11.8 Å². The number of carboxylic acids is 1. The Morgan fingerprint density at radius 3 is 2.18 bits per heavy atom. The van der Waals surface area contributed by atoms with Crippen LogP contribution in [0.3, 0.4) is 0 Å². The number of fused-ring (bicyclic) bond motifs is 2. The molecule has 1 saturated heterocycles. The van der Waals surface area contributed by atoms with Crippen LogP contribution in [0.1, 0.15) is 10.4 Å². The van der Waals surface area contributed by atoms with Crippen LogP contribution in [-0.4, -0.2) is 30.0 Å². The van der Waals surface area contributed by atoms with Crippen molar-refractivity contribution in [3.05, 3.63) is 42.0 Å². The number of amides is 2. The van der Waals surface area contributed by atoms with Crippen LogP contribution >= 0.6 is 0 Å². The highest BCUT2D eigenvalue weighted by molar-refractivity contribution is 5.97. The van der Waals surface area contributed by atoms with E-state index in [2.05, 4.69) is 5.32 Å². The van der Waals surface area contributed by atoms with E-state index < -0.39 is 41.8 Å². The van der Waals surface area contributed by atoms with E-state index in [1.807, 2.05) is 0 Å².